The van der Waals surface area contributed by atoms with E-state index in [1.165, 1.54) is 0 Å². The fourth-order valence-corrected chi connectivity index (χ4v) is 1.92. The van der Waals surface area contributed by atoms with Crippen LogP contribution in [0, 0.1) is 13.8 Å². The normalized spacial score (nSPS) is 16.6. The zero-order valence-electron chi connectivity index (χ0n) is 10.2. The van der Waals surface area contributed by atoms with Crippen LogP contribution in [0.1, 0.15) is 11.1 Å². The van der Waals surface area contributed by atoms with Crippen LogP contribution in [-0.2, 0) is 4.79 Å². The number of likely N-dealkylation sites (tertiary alicyclic amines) is 1. The second-order valence-corrected chi connectivity index (χ2v) is 4.59. The molecule has 0 aliphatic carbocycles. The Labute approximate surface area is 101 Å². The SMILES string of the molecule is Cc1cccc(NC(=O)CN2CC(F)C2)c1C. The van der Waals surface area contributed by atoms with Gasteiger partial charge in [-0.15, -0.1) is 0 Å². The highest BCUT2D eigenvalue weighted by Crippen LogP contribution is 2.18. The molecule has 1 N–H and O–H groups in total. The van der Waals surface area contributed by atoms with Gasteiger partial charge in [0.25, 0.3) is 0 Å². The molecule has 1 fully saturated rings. The van der Waals surface area contributed by atoms with Crippen LogP contribution in [0.4, 0.5) is 10.1 Å². The highest BCUT2D eigenvalue weighted by atomic mass is 19.1. The quantitative estimate of drug-likeness (QED) is 0.869. The van der Waals surface area contributed by atoms with Gasteiger partial charge in [-0.25, -0.2) is 4.39 Å². The number of nitrogens with zero attached hydrogens (tertiary/aromatic N) is 1. The maximum atomic E-state index is 12.6. The lowest BCUT2D eigenvalue weighted by atomic mass is 10.1. The Morgan fingerprint density at radius 1 is 1.47 bits per heavy atom. The molecule has 1 heterocycles. The van der Waals surface area contributed by atoms with Gasteiger partial charge in [0.1, 0.15) is 6.17 Å². The largest absolute Gasteiger partial charge is 0.325 e. The molecule has 0 unspecified atom stereocenters. The summed E-state index contributed by atoms with van der Waals surface area (Å²) < 4.78 is 12.6. The van der Waals surface area contributed by atoms with Gasteiger partial charge in [-0.3, -0.25) is 9.69 Å². The first-order chi connectivity index (χ1) is 8.06. The Bertz CT molecular complexity index is 427. The van der Waals surface area contributed by atoms with Gasteiger partial charge in [0.15, 0.2) is 0 Å². The predicted octanol–water partition coefficient (Wildman–Crippen LogP) is 1.90. The maximum Gasteiger partial charge on any atom is 0.238 e. The van der Waals surface area contributed by atoms with E-state index in [1.54, 1.807) is 4.90 Å². The lowest BCUT2D eigenvalue weighted by Crippen LogP contribution is -2.51. The van der Waals surface area contributed by atoms with E-state index in [2.05, 4.69) is 5.32 Å². The van der Waals surface area contributed by atoms with Gasteiger partial charge >= 0.3 is 0 Å². The van der Waals surface area contributed by atoms with Crippen LogP contribution in [0.25, 0.3) is 0 Å². The minimum Gasteiger partial charge on any atom is -0.325 e. The van der Waals surface area contributed by atoms with Crippen molar-refractivity contribution in [3.05, 3.63) is 29.3 Å². The molecule has 0 spiro atoms. The topological polar surface area (TPSA) is 32.3 Å². The fraction of sp³-hybridized carbons (Fsp3) is 0.462. The number of anilines is 1. The molecule has 1 aliphatic rings. The molecule has 0 aromatic heterocycles. The van der Waals surface area contributed by atoms with E-state index < -0.39 is 6.17 Å². The van der Waals surface area contributed by atoms with E-state index in [0.29, 0.717) is 13.1 Å². The minimum atomic E-state index is -0.761. The molecule has 1 amide bonds. The third kappa shape index (κ3) is 2.82. The van der Waals surface area contributed by atoms with Crippen LogP contribution in [0.5, 0.6) is 0 Å². The highest BCUT2D eigenvalue weighted by molar-refractivity contribution is 5.93. The molecule has 0 saturated carbocycles. The number of carbonyl (C=O) groups excluding carboxylic acids is 1. The fourth-order valence-electron chi connectivity index (χ4n) is 1.92. The van der Waals surface area contributed by atoms with Crippen molar-refractivity contribution < 1.29 is 9.18 Å². The smallest absolute Gasteiger partial charge is 0.238 e. The van der Waals surface area contributed by atoms with Crippen molar-refractivity contribution >= 4 is 11.6 Å². The summed E-state index contributed by atoms with van der Waals surface area (Å²) in [5.74, 6) is -0.0781. The molecular formula is C13H17FN2O. The molecular weight excluding hydrogens is 219 g/mol. The predicted molar refractivity (Wildman–Crippen MR) is 65.9 cm³/mol. The van der Waals surface area contributed by atoms with Crippen molar-refractivity contribution in [2.24, 2.45) is 0 Å². The molecule has 1 aromatic carbocycles. The first-order valence-corrected chi connectivity index (χ1v) is 5.79. The minimum absolute atomic E-state index is 0.0781. The number of hydrogen-bond donors (Lipinski definition) is 1. The van der Waals surface area contributed by atoms with Gasteiger partial charge in [0.05, 0.1) is 6.54 Å². The van der Waals surface area contributed by atoms with Crippen LogP contribution in [0.15, 0.2) is 18.2 Å². The van der Waals surface area contributed by atoms with Gasteiger partial charge in [-0.1, -0.05) is 12.1 Å². The van der Waals surface area contributed by atoms with Crippen LogP contribution in [0.3, 0.4) is 0 Å². The van der Waals surface area contributed by atoms with E-state index in [1.807, 2.05) is 32.0 Å². The monoisotopic (exact) mass is 236 g/mol. The molecule has 2 rings (SSSR count). The summed E-state index contributed by atoms with van der Waals surface area (Å²) >= 11 is 0. The number of benzene rings is 1. The number of amides is 1. The summed E-state index contributed by atoms with van der Waals surface area (Å²) in [4.78, 5) is 13.5. The van der Waals surface area contributed by atoms with E-state index in [9.17, 15) is 9.18 Å². The molecule has 0 bridgehead atoms. The second-order valence-electron chi connectivity index (χ2n) is 4.59. The van der Waals surface area contributed by atoms with Gasteiger partial charge in [-0.2, -0.15) is 0 Å². The Morgan fingerprint density at radius 3 is 2.82 bits per heavy atom. The van der Waals surface area contributed by atoms with Gasteiger partial charge in [0.2, 0.25) is 5.91 Å². The van der Waals surface area contributed by atoms with Crippen LogP contribution >= 0.6 is 0 Å². The van der Waals surface area contributed by atoms with Crippen molar-refractivity contribution in [1.29, 1.82) is 0 Å². The number of carbonyl (C=O) groups is 1. The Morgan fingerprint density at radius 2 is 2.18 bits per heavy atom. The zero-order valence-corrected chi connectivity index (χ0v) is 10.2. The Balaban J connectivity index is 1.92. The molecule has 4 heteroatoms. The summed E-state index contributed by atoms with van der Waals surface area (Å²) in [7, 11) is 0. The lowest BCUT2D eigenvalue weighted by molar-refractivity contribution is -0.119. The van der Waals surface area contributed by atoms with Crippen LogP contribution < -0.4 is 5.32 Å². The Hall–Kier alpha value is -1.42. The van der Waals surface area contributed by atoms with Crippen LogP contribution in [0.2, 0.25) is 0 Å². The van der Waals surface area contributed by atoms with Gasteiger partial charge < -0.3 is 5.32 Å². The number of halogens is 1. The average molecular weight is 236 g/mol. The molecule has 0 atom stereocenters. The number of hydrogen-bond acceptors (Lipinski definition) is 2. The molecule has 1 aliphatic heterocycles. The van der Waals surface area contributed by atoms with E-state index in [0.717, 1.165) is 16.8 Å². The molecule has 0 radical (unpaired) electrons. The van der Waals surface area contributed by atoms with Crippen molar-refractivity contribution in [2.45, 2.75) is 20.0 Å². The first kappa shape index (κ1) is 12.0. The Kier molecular flexibility index (Phi) is 3.43. The zero-order chi connectivity index (χ0) is 12.4. The van der Waals surface area contributed by atoms with E-state index in [4.69, 9.17) is 0 Å². The van der Waals surface area contributed by atoms with E-state index >= 15 is 0 Å². The molecule has 1 aromatic rings. The van der Waals surface area contributed by atoms with Crippen molar-refractivity contribution in [3.8, 4) is 0 Å². The van der Waals surface area contributed by atoms with Gasteiger partial charge in [-0.05, 0) is 31.0 Å². The third-order valence-corrected chi connectivity index (χ3v) is 3.16. The van der Waals surface area contributed by atoms with Gasteiger partial charge in [0, 0.05) is 18.8 Å². The number of rotatable bonds is 3. The van der Waals surface area contributed by atoms with Crippen molar-refractivity contribution in [2.75, 3.05) is 25.0 Å². The number of aryl methyl sites for hydroxylation is 1. The van der Waals surface area contributed by atoms with Crippen LogP contribution in [-0.4, -0.2) is 36.6 Å². The molecule has 3 nitrogen and oxygen atoms in total. The summed E-state index contributed by atoms with van der Waals surface area (Å²) in [5, 5.41) is 2.86. The lowest BCUT2D eigenvalue weighted by Gasteiger charge is -2.33. The second kappa shape index (κ2) is 4.84. The standard InChI is InChI=1S/C13H17FN2O/c1-9-4-3-5-12(10(9)2)15-13(17)8-16-6-11(14)7-16/h3-5,11H,6-8H2,1-2H3,(H,15,17). The van der Waals surface area contributed by atoms with Crippen molar-refractivity contribution in [1.82, 2.24) is 4.90 Å². The highest BCUT2D eigenvalue weighted by Gasteiger charge is 2.27. The summed E-state index contributed by atoms with van der Waals surface area (Å²) in [6.45, 7) is 5.01. The molecule has 92 valence electrons. The van der Waals surface area contributed by atoms with E-state index in [-0.39, 0.29) is 12.5 Å². The summed E-state index contributed by atoms with van der Waals surface area (Å²) in [6.07, 6.45) is -0.761. The maximum absolute atomic E-state index is 12.6. The first-order valence-electron chi connectivity index (χ1n) is 5.79. The summed E-state index contributed by atoms with van der Waals surface area (Å²) in [6, 6.07) is 5.81. The average Bonchev–Trinajstić information content (AvgIpc) is 2.23. The third-order valence-electron chi connectivity index (χ3n) is 3.16. The summed E-state index contributed by atoms with van der Waals surface area (Å²) in [5.41, 5.74) is 3.07. The number of nitrogens with one attached hydrogen (secondary N) is 1. The van der Waals surface area contributed by atoms with Crippen molar-refractivity contribution in [3.63, 3.8) is 0 Å². The molecule has 1 saturated heterocycles. The number of alkyl halides is 1. The molecule has 17 heavy (non-hydrogen) atoms.